The molecule has 0 radical (unpaired) electrons. The van der Waals surface area contributed by atoms with Gasteiger partial charge < -0.3 is 50.1 Å². The number of esters is 2. The van der Waals surface area contributed by atoms with E-state index in [0.29, 0.717) is 63.5 Å². The lowest BCUT2D eigenvalue weighted by atomic mass is 9.78. The molecular formula is C63H83Br2ClN6O14. The molecule has 2 aromatic carbocycles. The van der Waals surface area contributed by atoms with Crippen molar-refractivity contribution in [3.8, 4) is 0 Å². The number of alkyl halides is 2. The molecular weight excluding hydrogens is 1260 g/mol. The Labute approximate surface area is 525 Å². The maximum absolute atomic E-state index is 14.5. The molecule has 3 aliphatic heterocycles. The van der Waals surface area contributed by atoms with E-state index in [0.717, 1.165) is 16.7 Å². The third kappa shape index (κ3) is 18.4. The van der Waals surface area contributed by atoms with Crippen molar-refractivity contribution in [3.63, 3.8) is 0 Å². The molecule has 10 atom stereocenters. The lowest BCUT2D eigenvalue weighted by Gasteiger charge is -2.41. The number of aliphatic hydroxyl groups is 1. The molecule has 2 fully saturated rings. The van der Waals surface area contributed by atoms with E-state index in [-0.39, 0.29) is 99.1 Å². The van der Waals surface area contributed by atoms with Gasteiger partial charge in [-0.15, -0.1) is 0 Å². The summed E-state index contributed by atoms with van der Waals surface area (Å²) in [5.74, 6) is -4.20. The van der Waals surface area contributed by atoms with Crippen molar-refractivity contribution in [2.45, 2.75) is 173 Å². The minimum Gasteiger partial charge on any atom is -0.462 e. The van der Waals surface area contributed by atoms with Gasteiger partial charge in [-0.05, 0) is 113 Å². The molecule has 1 aromatic heterocycles. The highest BCUT2D eigenvalue weighted by molar-refractivity contribution is 9.09. The van der Waals surface area contributed by atoms with Gasteiger partial charge >= 0.3 is 24.1 Å². The molecule has 5 amide bonds. The van der Waals surface area contributed by atoms with Crippen LogP contribution in [-0.2, 0) is 65.3 Å². The Morgan fingerprint density at radius 1 is 1.02 bits per heavy atom. The average molecular weight is 1340 g/mol. The number of aryl methyl sites for hydroxylation is 1. The number of methoxy groups -OCH3 is 1. The summed E-state index contributed by atoms with van der Waals surface area (Å²) in [5, 5.41) is 22.1. The van der Waals surface area contributed by atoms with Crippen molar-refractivity contribution in [2.75, 3.05) is 41.6 Å². The Morgan fingerprint density at radius 3 is 2.44 bits per heavy atom. The summed E-state index contributed by atoms with van der Waals surface area (Å²) < 4.78 is 29.8. The largest absolute Gasteiger partial charge is 0.462 e. The fourth-order valence-corrected chi connectivity index (χ4v) is 13.2. The van der Waals surface area contributed by atoms with E-state index >= 15 is 0 Å². The number of anilines is 2. The van der Waals surface area contributed by atoms with Gasteiger partial charge in [-0.1, -0.05) is 100 Å². The van der Waals surface area contributed by atoms with Gasteiger partial charge in [0.15, 0.2) is 5.78 Å². The topological polar surface area (TPSA) is 284 Å². The fourth-order valence-electron chi connectivity index (χ4n) is 11.3. The second-order valence-electron chi connectivity index (χ2n) is 23.6. The minimum absolute atomic E-state index is 0.00738. The third-order valence-corrected chi connectivity index (χ3v) is 18.6. The number of nitrogens with one attached hydrogen (secondary N) is 3. The van der Waals surface area contributed by atoms with Gasteiger partial charge in [-0.3, -0.25) is 39.1 Å². The highest BCUT2D eigenvalue weighted by Gasteiger charge is 2.64. The number of aromatic nitrogens is 1. The lowest BCUT2D eigenvalue weighted by molar-refractivity contribution is -0.187. The van der Waals surface area contributed by atoms with Gasteiger partial charge in [-0.25, -0.2) is 9.59 Å². The maximum atomic E-state index is 14.5. The smallest absolute Gasteiger partial charge is 0.412 e. The molecule has 23 heteroatoms. The molecule has 4 bridgehead atoms. The van der Waals surface area contributed by atoms with Crippen LogP contribution in [0.3, 0.4) is 0 Å². The summed E-state index contributed by atoms with van der Waals surface area (Å²) in [6.07, 6.45) is 3.95. The number of nitrogens with zero attached hydrogens (tertiary/aromatic N) is 2. The van der Waals surface area contributed by atoms with Gasteiger partial charge in [0.1, 0.15) is 35.3 Å². The van der Waals surface area contributed by atoms with Crippen molar-refractivity contribution >= 4 is 113 Å². The molecule has 4 heterocycles. The monoisotopic (exact) mass is 1340 g/mol. The average Bonchev–Trinajstić information content (AvgIpc) is 1.61. The molecule has 2 saturated heterocycles. The van der Waals surface area contributed by atoms with Crippen molar-refractivity contribution in [2.24, 2.45) is 29.4 Å². The van der Waals surface area contributed by atoms with Crippen LogP contribution in [0.5, 0.6) is 0 Å². The number of allylic oxidation sites excluding steroid dienone is 3. The van der Waals surface area contributed by atoms with Crippen LogP contribution in [0.15, 0.2) is 66.4 Å². The predicted octanol–water partition coefficient (Wildman–Crippen LogP) is 9.65. The molecule has 6 rings (SSSR count). The van der Waals surface area contributed by atoms with Crippen molar-refractivity contribution in [1.82, 2.24) is 15.6 Å². The number of hydrogen-bond donors (Lipinski definition) is 5. The second kappa shape index (κ2) is 31.4. The standard InChI is InChI=1S/C63H83Br2ClN6O14/c1-35(2)45(29-43(73)17-11-10-16-38(5)83-59(78)42(33-64)34-65)58(77)70-47(19-14-24-69-60(67)79)49(74)28-41-21-22-46(44-18-13-23-68-56(41)44)71-61(80)85-52-30-53(75)72(8)48-27-40(26-37(4)55(48)66)25-36(3)15-12-20-51(82-9)63(81)31-50(84-54(76)32-63)39(6)57-62(52,7)86-57/h12-13,15,18,20-23,26-27,35,38-39,42,45,47,50-52,57,81H,10-11,14,16-17,19,24-25,28-34H2,1-9H3,(H,70,77)(H,71,80)(H3,67,69,79)/b20-12+,36-15+/t38?,39-,45+,47+,50+,51-,52+,57+,62+,63-/m1/s1. The fraction of sp³-hybridized carbons (Fsp3) is 0.571. The summed E-state index contributed by atoms with van der Waals surface area (Å²) in [6, 6.07) is 8.60. The number of nitrogens with two attached hydrogens (primary N) is 1. The zero-order valence-corrected chi connectivity index (χ0v) is 54.4. The number of fused-ring (bicyclic) bond motifs is 6. The number of ketones is 2. The SMILES string of the molecule is CO[C@@H]1/C=C/C=C(\C)Cc2cc(C)c(Cl)c(c2)N(C)C(=O)C[C@H](OC(=O)Nc2ccc(CC(=O)[C@H](CCCNC(N)=O)NC(=O)[C@@H](CC(=O)CCCCC(C)OC(=O)C(CBr)CBr)C(C)C)c3ncccc23)[C@]2(C)O[C@H]2[C@H](C)[C@@H]2C[C@@]1(O)CC(=O)O2. The first-order valence-electron chi connectivity index (χ1n) is 29.3. The first-order valence-corrected chi connectivity index (χ1v) is 31.9. The Balaban J connectivity index is 1.20. The number of halogens is 3. The quantitative estimate of drug-likeness (QED) is 0.0183. The predicted molar refractivity (Wildman–Crippen MR) is 334 cm³/mol. The number of benzene rings is 2. The zero-order valence-electron chi connectivity index (χ0n) is 50.5. The maximum Gasteiger partial charge on any atom is 0.412 e. The van der Waals surface area contributed by atoms with Gasteiger partial charge in [0.25, 0.3) is 0 Å². The Hall–Kier alpha value is -5.78. The van der Waals surface area contributed by atoms with E-state index in [1.165, 1.54) is 18.2 Å². The molecule has 20 nitrogen and oxygen atoms in total. The third-order valence-electron chi connectivity index (χ3n) is 16.5. The van der Waals surface area contributed by atoms with Crippen LogP contribution in [-0.4, -0.2) is 137 Å². The number of Topliss-reactive ketones (excluding diaryl/α,β-unsaturated/α-hetero) is 2. The number of hydrogen-bond acceptors (Lipinski definition) is 15. The minimum atomic E-state index is -1.64. The summed E-state index contributed by atoms with van der Waals surface area (Å²) >= 11 is 13.5. The summed E-state index contributed by atoms with van der Waals surface area (Å²) in [6.45, 7) is 12.9. The van der Waals surface area contributed by atoms with Crippen LogP contribution in [0.1, 0.15) is 122 Å². The van der Waals surface area contributed by atoms with Gasteiger partial charge in [0.05, 0.1) is 58.9 Å². The van der Waals surface area contributed by atoms with E-state index in [1.54, 1.807) is 50.4 Å². The van der Waals surface area contributed by atoms with Crippen molar-refractivity contribution in [1.29, 1.82) is 0 Å². The molecule has 0 aliphatic carbocycles. The Bertz CT molecular complexity index is 3030. The highest BCUT2D eigenvalue weighted by Crippen LogP contribution is 2.50. The summed E-state index contributed by atoms with van der Waals surface area (Å²) in [4.78, 5) is 114. The van der Waals surface area contributed by atoms with Crippen LogP contribution >= 0.6 is 43.5 Å². The van der Waals surface area contributed by atoms with Crippen LogP contribution in [0.2, 0.25) is 5.02 Å². The molecule has 1 unspecified atom stereocenters. The number of rotatable bonds is 24. The zero-order chi connectivity index (χ0) is 63.2. The van der Waals surface area contributed by atoms with Gasteiger partial charge in [-0.2, -0.15) is 0 Å². The van der Waals surface area contributed by atoms with E-state index < -0.39 is 83.4 Å². The molecule has 470 valence electrons. The van der Waals surface area contributed by atoms with Crippen LogP contribution in [0, 0.1) is 30.6 Å². The number of carbonyl (C=O) groups excluding carboxylic acids is 8. The highest BCUT2D eigenvalue weighted by atomic mass is 79.9. The number of unbranched alkanes of at least 4 members (excludes halogenated alkanes) is 1. The van der Waals surface area contributed by atoms with Gasteiger partial charge in [0.2, 0.25) is 11.8 Å². The summed E-state index contributed by atoms with van der Waals surface area (Å²) in [7, 11) is 3.06. The van der Waals surface area contributed by atoms with E-state index in [2.05, 4.69) is 52.8 Å². The van der Waals surface area contributed by atoms with Crippen LogP contribution in [0.25, 0.3) is 10.9 Å². The lowest BCUT2D eigenvalue weighted by Crippen LogP contribution is -2.53. The van der Waals surface area contributed by atoms with E-state index in [1.807, 2.05) is 59.8 Å². The van der Waals surface area contributed by atoms with E-state index in [4.69, 9.17) is 41.0 Å². The molecule has 6 N–H and O–H groups in total. The number of amides is 5. The van der Waals surface area contributed by atoms with Crippen molar-refractivity contribution < 1.29 is 67.1 Å². The van der Waals surface area contributed by atoms with Crippen LogP contribution in [0.4, 0.5) is 21.0 Å². The first kappa shape index (κ1) is 69.3. The van der Waals surface area contributed by atoms with Gasteiger partial charge in [0, 0.05) is 80.5 Å². The second-order valence-corrected chi connectivity index (χ2v) is 25.3. The number of primary amides is 1. The first-order chi connectivity index (χ1) is 40.7. The molecule has 0 saturated carbocycles. The number of carbonyl (C=O) groups is 8. The van der Waals surface area contributed by atoms with Crippen LogP contribution < -0.4 is 26.6 Å². The van der Waals surface area contributed by atoms with Crippen molar-refractivity contribution in [3.05, 3.63) is 88.1 Å². The number of epoxide rings is 1. The number of urea groups is 1. The normalized spacial score (nSPS) is 24.5. The summed E-state index contributed by atoms with van der Waals surface area (Å²) in [5.41, 5.74) is 6.50. The molecule has 3 aliphatic rings. The number of pyridine rings is 1. The molecule has 86 heavy (non-hydrogen) atoms. The number of ether oxygens (including phenoxy) is 5. The molecule has 0 spiro atoms. The Morgan fingerprint density at radius 2 is 1.76 bits per heavy atom. The van der Waals surface area contributed by atoms with E-state index in [9.17, 15) is 43.5 Å². The molecule has 3 aromatic rings. The Kier molecular flexibility index (Phi) is 25.3.